The first-order valence-corrected chi connectivity index (χ1v) is 8.89. The van der Waals surface area contributed by atoms with E-state index >= 15 is 0 Å². The summed E-state index contributed by atoms with van der Waals surface area (Å²) in [6, 6.07) is 0. The molecule has 0 bridgehead atoms. The normalized spacial score (nSPS) is 16.7. The van der Waals surface area contributed by atoms with Gasteiger partial charge in [0.2, 0.25) is 0 Å². The summed E-state index contributed by atoms with van der Waals surface area (Å²) < 4.78 is 10.4. The minimum absolute atomic E-state index is 0.104. The molecule has 0 radical (unpaired) electrons. The summed E-state index contributed by atoms with van der Waals surface area (Å²) in [4.78, 5) is 24.3. The third-order valence-corrected chi connectivity index (χ3v) is 4.34. The highest BCUT2D eigenvalue weighted by atomic mass is 16.6. The van der Waals surface area contributed by atoms with Gasteiger partial charge in [-0.2, -0.15) is 0 Å². The molecule has 1 unspecified atom stereocenters. The molecular weight excluding hydrogens is 280 g/mol. The number of hydrogen-bond donors (Lipinski definition) is 0. The van der Waals surface area contributed by atoms with Gasteiger partial charge in [0, 0.05) is 0 Å². The average Bonchev–Trinajstić information content (AvgIpc) is 2.96. The van der Waals surface area contributed by atoms with Crippen molar-refractivity contribution >= 4 is 11.9 Å². The summed E-state index contributed by atoms with van der Waals surface area (Å²) >= 11 is 0. The van der Waals surface area contributed by atoms with Crippen LogP contribution in [-0.2, 0) is 19.1 Å². The lowest BCUT2D eigenvalue weighted by atomic mass is 9.91. The van der Waals surface area contributed by atoms with Gasteiger partial charge in [-0.3, -0.25) is 9.59 Å². The molecule has 0 spiro atoms. The molecular formula is C18H32O4. The molecule has 0 aromatic heterocycles. The summed E-state index contributed by atoms with van der Waals surface area (Å²) in [5.74, 6) is -0.669. The molecule has 1 aliphatic carbocycles. The molecule has 128 valence electrons. The van der Waals surface area contributed by atoms with Crippen molar-refractivity contribution < 1.29 is 19.1 Å². The van der Waals surface area contributed by atoms with Gasteiger partial charge >= 0.3 is 11.9 Å². The molecule has 0 heterocycles. The van der Waals surface area contributed by atoms with Crippen molar-refractivity contribution in [2.24, 2.45) is 17.8 Å². The van der Waals surface area contributed by atoms with Crippen LogP contribution in [0.4, 0.5) is 0 Å². The Kier molecular flexibility index (Phi) is 9.17. The molecule has 4 heteroatoms. The average molecular weight is 312 g/mol. The lowest BCUT2D eigenvalue weighted by molar-refractivity contribution is -0.164. The van der Waals surface area contributed by atoms with Gasteiger partial charge in [-0.1, -0.05) is 46.0 Å². The SMILES string of the molecule is CCOC(=O)C(C(=O)OCCCCCC(C)C)C1CCCC1. The molecule has 1 saturated carbocycles. The van der Waals surface area contributed by atoms with Crippen LogP contribution in [0.1, 0.15) is 72.1 Å². The number of unbranched alkanes of at least 4 members (excludes halogenated alkanes) is 2. The Bertz CT molecular complexity index is 332. The van der Waals surface area contributed by atoms with Gasteiger partial charge in [0.25, 0.3) is 0 Å². The van der Waals surface area contributed by atoms with Crippen molar-refractivity contribution in [3.63, 3.8) is 0 Å². The van der Waals surface area contributed by atoms with Crippen LogP contribution in [0.25, 0.3) is 0 Å². The highest BCUT2D eigenvalue weighted by molar-refractivity contribution is 5.95. The van der Waals surface area contributed by atoms with Crippen molar-refractivity contribution in [1.82, 2.24) is 0 Å². The van der Waals surface area contributed by atoms with Crippen molar-refractivity contribution in [3.8, 4) is 0 Å². The second kappa shape index (κ2) is 10.6. The highest BCUT2D eigenvalue weighted by Crippen LogP contribution is 2.33. The zero-order valence-corrected chi connectivity index (χ0v) is 14.4. The van der Waals surface area contributed by atoms with Gasteiger partial charge in [0.15, 0.2) is 5.92 Å². The number of ether oxygens (including phenoxy) is 2. The molecule has 1 atom stereocenters. The molecule has 0 aliphatic heterocycles. The number of carbonyl (C=O) groups is 2. The molecule has 0 aromatic carbocycles. The maximum atomic E-state index is 12.3. The fourth-order valence-corrected chi connectivity index (χ4v) is 3.10. The van der Waals surface area contributed by atoms with Crippen molar-refractivity contribution in [3.05, 3.63) is 0 Å². The van der Waals surface area contributed by atoms with Crippen molar-refractivity contribution in [2.75, 3.05) is 13.2 Å². The Morgan fingerprint density at radius 2 is 1.64 bits per heavy atom. The second-order valence-electron chi connectivity index (χ2n) is 6.68. The van der Waals surface area contributed by atoms with Crippen LogP contribution in [0, 0.1) is 17.8 Å². The van der Waals surface area contributed by atoms with Gasteiger partial charge in [-0.15, -0.1) is 0 Å². The maximum Gasteiger partial charge on any atom is 0.320 e. The first kappa shape index (κ1) is 19.0. The van der Waals surface area contributed by atoms with E-state index in [1.165, 1.54) is 12.8 Å². The first-order valence-electron chi connectivity index (χ1n) is 8.89. The number of hydrogen-bond acceptors (Lipinski definition) is 4. The lowest BCUT2D eigenvalue weighted by Crippen LogP contribution is -2.33. The van der Waals surface area contributed by atoms with Crippen LogP contribution in [0.15, 0.2) is 0 Å². The van der Waals surface area contributed by atoms with Crippen molar-refractivity contribution in [2.45, 2.75) is 72.1 Å². The number of carbonyl (C=O) groups excluding carboxylic acids is 2. The van der Waals surface area contributed by atoms with Gasteiger partial charge in [0.05, 0.1) is 13.2 Å². The Morgan fingerprint density at radius 3 is 2.23 bits per heavy atom. The van der Waals surface area contributed by atoms with Crippen LogP contribution in [0.3, 0.4) is 0 Å². The predicted molar refractivity (Wildman–Crippen MR) is 86.3 cm³/mol. The first-order chi connectivity index (χ1) is 10.6. The molecule has 1 fully saturated rings. The molecule has 0 N–H and O–H groups in total. The third kappa shape index (κ3) is 6.80. The van der Waals surface area contributed by atoms with Crippen LogP contribution < -0.4 is 0 Å². The van der Waals surface area contributed by atoms with Crippen LogP contribution in [0.2, 0.25) is 0 Å². The Balaban J connectivity index is 2.35. The minimum atomic E-state index is -0.710. The van der Waals surface area contributed by atoms with Gasteiger partial charge < -0.3 is 9.47 Å². The molecule has 4 nitrogen and oxygen atoms in total. The largest absolute Gasteiger partial charge is 0.465 e. The van der Waals surface area contributed by atoms with Gasteiger partial charge in [-0.25, -0.2) is 0 Å². The van der Waals surface area contributed by atoms with E-state index < -0.39 is 11.9 Å². The quantitative estimate of drug-likeness (QED) is 0.346. The third-order valence-electron chi connectivity index (χ3n) is 4.34. The smallest absolute Gasteiger partial charge is 0.320 e. The van der Waals surface area contributed by atoms with Crippen molar-refractivity contribution in [1.29, 1.82) is 0 Å². The number of rotatable bonds is 10. The van der Waals surface area contributed by atoms with Crippen LogP contribution >= 0.6 is 0 Å². The van der Waals surface area contributed by atoms with E-state index in [1.807, 2.05) is 0 Å². The highest BCUT2D eigenvalue weighted by Gasteiger charge is 2.38. The van der Waals surface area contributed by atoms with E-state index in [0.29, 0.717) is 13.2 Å². The molecule has 22 heavy (non-hydrogen) atoms. The predicted octanol–water partition coefficient (Wildman–Crippen LogP) is 4.12. The maximum absolute atomic E-state index is 12.3. The topological polar surface area (TPSA) is 52.6 Å². The lowest BCUT2D eigenvalue weighted by Gasteiger charge is -2.20. The monoisotopic (exact) mass is 312 g/mol. The Labute approximate surface area is 134 Å². The molecule has 0 aromatic rings. The van der Waals surface area contributed by atoms with E-state index in [4.69, 9.17) is 9.47 Å². The van der Waals surface area contributed by atoms with E-state index in [1.54, 1.807) is 6.92 Å². The van der Waals surface area contributed by atoms with Gasteiger partial charge in [0.1, 0.15) is 0 Å². The number of esters is 2. The molecule has 1 aliphatic rings. The standard InChI is InChI=1S/C18H32O4/c1-4-21-17(19)16(15-11-7-8-12-15)18(20)22-13-9-5-6-10-14(2)3/h14-16H,4-13H2,1-3H3. The summed E-state index contributed by atoms with van der Waals surface area (Å²) in [5, 5.41) is 0. The van der Waals surface area contributed by atoms with E-state index in [2.05, 4.69) is 13.8 Å². The summed E-state index contributed by atoms with van der Waals surface area (Å²) in [7, 11) is 0. The van der Waals surface area contributed by atoms with E-state index in [0.717, 1.165) is 44.4 Å². The van der Waals surface area contributed by atoms with Gasteiger partial charge in [-0.05, 0) is 38.0 Å². The second-order valence-corrected chi connectivity index (χ2v) is 6.68. The van der Waals surface area contributed by atoms with E-state index in [-0.39, 0.29) is 11.9 Å². The molecule has 1 rings (SSSR count). The summed E-state index contributed by atoms with van der Waals surface area (Å²) in [6.07, 6.45) is 8.34. The zero-order chi connectivity index (χ0) is 16.4. The minimum Gasteiger partial charge on any atom is -0.465 e. The Hall–Kier alpha value is -1.06. The van der Waals surface area contributed by atoms with Crippen LogP contribution in [0.5, 0.6) is 0 Å². The summed E-state index contributed by atoms with van der Waals surface area (Å²) in [6.45, 7) is 6.92. The summed E-state index contributed by atoms with van der Waals surface area (Å²) in [5.41, 5.74) is 0. The molecule has 0 saturated heterocycles. The molecule has 0 amide bonds. The van der Waals surface area contributed by atoms with Crippen LogP contribution in [-0.4, -0.2) is 25.2 Å². The Morgan fingerprint density at radius 1 is 1.00 bits per heavy atom. The zero-order valence-electron chi connectivity index (χ0n) is 14.4. The van der Waals surface area contributed by atoms with E-state index in [9.17, 15) is 9.59 Å². The fraction of sp³-hybridized carbons (Fsp3) is 0.889. The fourth-order valence-electron chi connectivity index (χ4n) is 3.10.